The molecular weight excluding hydrogens is 356 g/mol. The smallest absolute Gasteiger partial charge is 0.309 e. The Morgan fingerprint density at radius 1 is 1.44 bits per heavy atom. The number of aliphatic imine (C=N–C) groups is 1. The zero-order valence-corrected chi connectivity index (χ0v) is 14.0. The first-order valence-corrected chi connectivity index (χ1v) is 9.10. The minimum absolute atomic E-state index is 0.136. The van der Waals surface area contributed by atoms with Gasteiger partial charge in [0.15, 0.2) is 0 Å². The van der Waals surface area contributed by atoms with Crippen molar-refractivity contribution in [1.82, 2.24) is 15.4 Å². The highest BCUT2D eigenvalue weighted by molar-refractivity contribution is 7.80. The van der Waals surface area contributed by atoms with Crippen molar-refractivity contribution in [3.8, 4) is 0 Å². The topological polar surface area (TPSA) is 138 Å². The Balaban J connectivity index is 1.50. The molecule has 12 heteroatoms. The van der Waals surface area contributed by atoms with Gasteiger partial charge in [0.25, 0.3) is 5.91 Å². The number of amides is 3. The minimum atomic E-state index is -4.80. The predicted molar refractivity (Wildman–Crippen MR) is 83.3 cm³/mol. The summed E-state index contributed by atoms with van der Waals surface area (Å²) in [5.41, 5.74) is 3.41. The molecule has 0 saturated carbocycles. The van der Waals surface area contributed by atoms with E-state index < -0.39 is 34.4 Å². The minimum Gasteiger partial charge on any atom is -0.309 e. The van der Waals surface area contributed by atoms with E-state index in [2.05, 4.69) is 14.8 Å². The van der Waals surface area contributed by atoms with Crippen LogP contribution in [-0.4, -0.2) is 66.3 Å². The molecule has 3 aliphatic heterocycles. The molecule has 138 valence electrons. The summed E-state index contributed by atoms with van der Waals surface area (Å²) in [6.45, 7) is 0.416. The van der Waals surface area contributed by atoms with Gasteiger partial charge in [-0.1, -0.05) is 0 Å². The van der Waals surface area contributed by atoms with E-state index in [9.17, 15) is 18.0 Å². The molecule has 2 atom stereocenters. The molecule has 25 heavy (non-hydrogen) atoms. The van der Waals surface area contributed by atoms with Gasteiger partial charge < -0.3 is 4.90 Å². The van der Waals surface area contributed by atoms with Crippen LogP contribution in [0.25, 0.3) is 0 Å². The second kappa shape index (κ2) is 7.07. The van der Waals surface area contributed by atoms with Gasteiger partial charge in [0, 0.05) is 25.4 Å². The Kier molecular flexibility index (Phi) is 5.03. The zero-order valence-electron chi connectivity index (χ0n) is 13.2. The van der Waals surface area contributed by atoms with Crippen LogP contribution in [0.2, 0.25) is 0 Å². The largest absolute Gasteiger partial charge is 0.418 e. The van der Waals surface area contributed by atoms with Crippen LogP contribution in [0.5, 0.6) is 0 Å². The van der Waals surface area contributed by atoms with Crippen LogP contribution in [0.3, 0.4) is 0 Å². The van der Waals surface area contributed by atoms with Crippen LogP contribution in [0.4, 0.5) is 4.79 Å². The number of hydrogen-bond acceptors (Lipinski definition) is 7. The van der Waals surface area contributed by atoms with Crippen molar-refractivity contribution in [1.29, 1.82) is 0 Å². The van der Waals surface area contributed by atoms with Gasteiger partial charge in [-0.3, -0.25) is 19.2 Å². The zero-order chi connectivity index (χ0) is 18.0. The monoisotopic (exact) mass is 374 g/mol. The van der Waals surface area contributed by atoms with Gasteiger partial charge in [0.2, 0.25) is 0 Å². The van der Waals surface area contributed by atoms with E-state index in [0.29, 0.717) is 24.3 Å². The Labute approximate surface area is 144 Å². The predicted octanol–water partition coefficient (Wildman–Crippen LogP) is -0.214. The van der Waals surface area contributed by atoms with Gasteiger partial charge >= 0.3 is 16.4 Å². The first-order chi connectivity index (χ1) is 11.8. The number of hydroxylamine groups is 3. The van der Waals surface area contributed by atoms with Gasteiger partial charge in [-0.2, -0.15) is 13.5 Å². The number of nitrogens with one attached hydrogen (secondary N) is 1. The SMILES string of the molecule is O=C(NOCCC1=CN=CC1)[C@@H]1CC[C@@H]2CN1C(=O)N2OS(=O)(=O)O. The van der Waals surface area contributed by atoms with E-state index in [0.717, 1.165) is 12.0 Å². The average molecular weight is 374 g/mol. The molecule has 3 rings (SSSR count). The number of carbonyl (C=O) groups is 2. The van der Waals surface area contributed by atoms with Crippen LogP contribution in [0.15, 0.2) is 16.8 Å². The number of nitrogens with zero attached hydrogens (tertiary/aromatic N) is 3. The van der Waals surface area contributed by atoms with Crippen molar-refractivity contribution in [3.63, 3.8) is 0 Å². The fraction of sp³-hybridized carbons (Fsp3) is 0.615. The normalized spacial score (nSPS) is 25.5. The van der Waals surface area contributed by atoms with E-state index in [1.54, 1.807) is 12.4 Å². The molecule has 3 amide bonds. The highest BCUT2D eigenvalue weighted by Crippen LogP contribution is 2.30. The molecule has 2 N–H and O–H groups in total. The van der Waals surface area contributed by atoms with Crippen LogP contribution in [0, 0.1) is 0 Å². The highest BCUT2D eigenvalue weighted by atomic mass is 32.3. The van der Waals surface area contributed by atoms with Gasteiger partial charge in [-0.05, 0) is 24.8 Å². The molecule has 2 saturated heterocycles. The van der Waals surface area contributed by atoms with Crippen LogP contribution < -0.4 is 5.48 Å². The summed E-state index contributed by atoms with van der Waals surface area (Å²) in [6, 6.07) is -2.10. The summed E-state index contributed by atoms with van der Waals surface area (Å²) in [5.74, 6) is -0.489. The Morgan fingerprint density at radius 3 is 2.92 bits per heavy atom. The maximum atomic E-state index is 12.2. The number of carbonyl (C=O) groups excluding carboxylic acids is 2. The second-order valence-electron chi connectivity index (χ2n) is 5.90. The summed E-state index contributed by atoms with van der Waals surface area (Å²) in [6.07, 6.45) is 5.62. The third-order valence-corrected chi connectivity index (χ3v) is 4.56. The van der Waals surface area contributed by atoms with Crippen molar-refractivity contribution >= 4 is 28.6 Å². The van der Waals surface area contributed by atoms with Crippen molar-refractivity contribution < 1.29 is 31.7 Å². The number of rotatable bonds is 7. The van der Waals surface area contributed by atoms with E-state index >= 15 is 0 Å². The summed E-state index contributed by atoms with van der Waals surface area (Å²) in [5, 5.41) is 0.593. The fourth-order valence-corrected chi connectivity index (χ4v) is 3.41. The molecule has 0 aromatic heterocycles. The van der Waals surface area contributed by atoms with Crippen molar-refractivity contribution in [2.45, 2.75) is 37.8 Å². The number of hydrogen-bond donors (Lipinski definition) is 2. The molecule has 0 aromatic rings. The lowest BCUT2D eigenvalue weighted by Crippen LogP contribution is -2.49. The Hall–Kier alpha value is -2.02. The Bertz CT molecular complexity index is 720. The van der Waals surface area contributed by atoms with E-state index in [1.165, 1.54) is 4.90 Å². The maximum absolute atomic E-state index is 12.2. The van der Waals surface area contributed by atoms with Gasteiger partial charge in [-0.25, -0.2) is 10.3 Å². The van der Waals surface area contributed by atoms with Gasteiger partial charge in [-0.15, -0.1) is 4.28 Å². The standard InChI is InChI=1S/C13H18N4O7S/c18-12(15-23-6-4-9-3-5-14-7-9)11-2-1-10-8-16(11)13(19)17(10)24-25(20,21)22/h5,7,10-11H,1-4,6,8H2,(H,15,18)(H,20,21,22)/t10-,11+/m1/s1. The molecule has 0 unspecified atom stereocenters. The fourth-order valence-electron chi connectivity index (χ4n) is 3.02. The number of piperidine rings is 1. The lowest BCUT2D eigenvalue weighted by Gasteiger charge is -2.28. The highest BCUT2D eigenvalue weighted by Gasteiger charge is 2.49. The van der Waals surface area contributed by atoms with E-state index in [4.69, 9.17) is 9.39 Å². The first-order valence-electron chi connectivity index (χ1n) is 7.73. The molecule has 0 radical (unpaired) electrons. The molecule has 2 fully saturated rings. The van der Waals surface area contributed by atoms with Crippen molar-refractivity contribution in [2.24, 2.45) is 4.99 Å². The van der Waals surface area contributed by atoms with Gasteiger partial charge in [0.05, 0.1) is 12.6 Å². The molecule has 3 heterocycles. The van der Waals surface area contributed by atoms with Crippen LogP contribution >= 0.6 is 0 Å². The molecule has 0 spiro atoms. The molecule has 2 bridgehead atoms. The lowest BCUT2D eigenvalue weighted by molar-refractivity contribution is -0.138. The summed E-state index contributed by atoms with van der Waals surface area (Å²) >= 11 is 0. The molecular formula is C13H18N4O7S. The summed E-state index contributed by atoms with van der Waals surface area (Å²) in [7, 11) is -4.80. The van der Waals surface area contributed by atoms with Crippen molar-refractivity contribution in [2.75, 3.05) is 13.2 Å². The third-order valence-electron chi connectivity index (χ3n) is 4.21. The molecule has 11 nitrogen and oxygen atoms in total. The van der Waals surface area contributed by atoms with Crippen molar-refractivity contribution in [3.05, 3.63) is 11.8 Å². The summed E-state index contributed by atoms with van der Waals surface area (Å²) in [4.78, 5) is 34.7. The third kappa shape index (κ3) is 4.15. The Morgan fingerprint density at radius 2 is 2.24 bits per heavy atom. The quantitative estimate of drug-likeness (QED) is 0.357. The molecule has 3 aliphatic rings. The first kappa shape index (κ1) is 17.8. The van der Waals surface area contributed by atoms with E-state index in [-0.39, 0.29) is 13.2 Å². The second-order valence-corrected chi connectivity index (χ2v) is 6.90. The molecule has 0 aromatic carbocycles. The number of fused-ring (bicyclic) bond motifs is 2. The average Bonchev–Trinajstić information content (AvgIpc) is 3.14. The molecule has 0 aliphatic carbocycles. The van der Waals surface area contributed by atoms with E-state index in [1.807, 2.05) is 0 Å². The van der Waals surface area contributed by atoms with Gasteiger partial charge in [0.1, 0.15) is 6.04 Å². The maximum Gasteiger partial charge on any atom is 0.418 e. The summed E-state index contributed by atoms with van der Waals surface area (Å²) < 4.78 is 34.7. The lowest BCUT2D eigenvalue weighted by atomic mass is 10.0. The van der Waals surface area contributed by atoms with Crippen LogP contribution in [-0.2, 0) is 24.3 Å². The number of urea groups is 1. The van der Waals surface area contributed by atoms with Crippen LogP contribution in [0.1, 0.15) is 25.7 Å².